The maximum Gasteiger partial charge on any atom is 0.407 e. The summed E-state index contributed by atoms with van der Waals surface area (Å²) in [4.78, 5) is 21.0. The Labute approximate surface area is 212 Å². The predicted octanol–water partition coefficient (Wildman–Crippen LogP) is 3.63. The van der Waals surface area contributed by atoms with Crippen molar-refractivity contribution in [1.29, 1.82) is 0 Å². The van der Waals surface area contributed by atoms with E-state index in [2.05, 4.69) is 44.8 Å². The van der Waals surface area contributed by atoms with Gasteiger partial charge in [0.2, 0.25) is 5.95 Å². The molecule has 13 heteroatoms. The molecule has 0 aromatic carbocycles. The van der Waals surface area contributed by atoms with Crippen molar-refractivity contribution in [2.24, 2.45) is 5.92 Å². The van der Waals surface area contributed by atoms with Crippen LogP contribution in [0.25, 0.3) is 16.9 Å². The molecule has 0 bridgehead atoms. The third-order valence-corrected chi connectivity index (χ3v) is 5.76. The Kier molecular flexibility index (Phi) is 6.78. The molecule has 5 heterocycles. The van der Waals surface area contributed by atoms with Gasteiger partial charge in [-0.3, -0.25) is 14.2 Å². The number of hydrogen-bond donors (Lipinski definition) is 3. The number of H-pyrrole nitrogens is 1. The van der Waals surface area contributed by atoms with Crippen LogP contribution in [0.4, 0.5) is 21.0 Å². The largest absolute Gasteiger partial charge is 0.441 e. The van der Waals surface area contributed by atoms with Crippen LogP contribution in [0.5, 0.6) is 0 Å². The van der Waals surface area contributed by atoms with E-state index in [-0.39, 0.29) is 12.6 Å². The Bertz CT molecular complexity index is 1380. The number of alkyl carbamates (subject to hydrolysis) is 1. The van der Waals surface area contributed by atoms with Crippen LogP contribution in [-0.4, -0.2) is 65.4 Å². The van der Waals surface area contributed by atoms with Crippen molar-refractivity contribution in [2.45, 2.75) is 58.7 Å². The molecule has 1 aliphatic rings. The molecular formula is C24H30FN9O3. The van der Waals surface area contributed by atoms with Crippen LogP contribution in [-0.2, 0) is 16.0 Å². The Hall–Kier alpha value is -4.00. The zero-order chi connectivity index (χ0) is 26.1. The first kappa shape index (κ1) is 24.7. The standard InChI is InChI=1S/C24H30FN9O3/c1-13(2)10-33-11-15(9-27-33)16-8-20-26-5-6-34(20)23(29-16)30-19-7-17(31-32-19)22-21(25)18(12-36-22)37-24(35)28-14(3)4/h5-9,11,13-14,18,21-22H,10,12H2,1-4H3,(H,28,35)(H2,29,30,31,32)/t18-,21+,22-/m1/s1. The summed E-state index contributed by atoms with van der Waals surface area (Å²) in [5, 5.41) is 17.3. The number of fused-ring (bicyclic) bond motifs is 1. The molecule has 1 amide bonds. The van der Waals surface area contributed by atoms with Gasteiger partial charge in [0, 0.05) is 48.9 Å². The van der Waals surface area contributed by atoms with E-state index in [0.717, 1.165) is 12.1 Å². The number of carbonyl (C=O) groups is 1. The molecule has 0 spiro atoms. The van der Waals surface area contributed by atoms with Crippen molar-refractivity contribution in [3.8, 4) is 11.3 Å². The van der Waals surface area contributed by atoms with Crippen LogP contribution >= 0.6 is 0 Å². The van der Waals surface area contributed by atoms with Crippen molar-refractivity contribution in [3.05, 3.63) is 42.6 Å². The lowest BCUT2D eigenvalue weighted by Gasteiger charge is -2.16. The lowest BCUT2D eigenvalue weighted by Crippen LogP contribution is -2.36. The maximum atomic E-state index is 15.0. The van der Waals surface area contributed by atoms with E-state index < -0.39 is 24.5 Å². The fourth-order valence-electron chi connectivity index (χ4n) is 4.14. The number of nitrogens with one attached hydrogen (secondary N) is 3. The molecule has 3 atom stereocenters. The molecule has 1 saturated heterocycles. The van der Waals surface area contributed by atoms with Gasteiger partial charge in [0.05, 0.1) is 24.2 Å². The summed E-state index contributed by atoms with van der Waals surface area (Å²) >= 11 is 0. The van der Waals surface area contributed by atoms with E-state index in [4.69, 9.17) is 14.5 Å². The van der Waals surface area contributed by atoms with Crippen LogP contribution in [0.1, 0.15) is 39.5 Å². The summed E-state index contributed by atoms with van der Waals surface area (Å²) in [6.45, 7) is 8.61. The average molecular weight is 512 g/mol. The van der Waals surface area contributed by atoms with Crippen LogP contribution in [0.15, 0.2) is 36.9 Å². The van der Waals surface area contributed by atoms with Gasteiger partial charge in [0.25, 0.3) is 0 Å². The van der Waals surface area contributed by atoms with Gasteiger partial charge in [-0.1, -0.05) is 13.8 Å². The average Bonchev–Trinajstić information content (AvgIpc) is 3.61. The molecule has 1 aliphatic heterocycles. The van der Waals surface area contributed by atoms with E-state index in [1.165, 1.54) is 0 Å². The summed E-state index contributed by atoms with van der Waals surface area (Å²) < 4.78 is 29.5. The smallest absolute Gasteiger partial charge is 0.407 e. The molecule has 12 nitrogen and oxygen atoms in total. The summed E-state index contributed by atoms with van der Waals surface area (Å²) in [7, 11) is 0. The first-order chi connectivity index (χ1) is 17.8. The van der Waals surface area contributed by atoms with Crippen molar-refractivity contribution >= 4 is 23.5 Å². The molecule has 5 rings (SSSR count). The number of nitrogens with zero attached hydrogens (tertiary/aromatic N) is 6. The lowest BCUT2D eigenvalue weighted by atomic mass is 10.1. The lowest BCUT2D eigenvalue weighted by molar-refractivity contribution is 0.0615. The topological polar surface area (TPSA) is 136 Å². The second-order valence-electron chi connectivity index (χ2n) is 9.74. The zero-order valence-corrected chi connectivity index (χ0v) is 21.1. The van der Waals surface area contributed by atoms with E-state index in [9.17, 15) is 4.79 Å². The Balaban J connectivity index is 1.32. The molecule has 0 saturated carbocycles. The monoisotopic (exact) mass is 511 g/mol. The van der Waals surface area contributed by atoms with Crippen LogP contribution < -0.4 is 10.6 Å². The summed E-state index contributed by atoms with van der Waals surface area (Å²) in [6.07, 6.45) is 3.02. The minimum absolute atomic E-state index is 0.0527. The number of imidazole rings is 1. The number of hydrogen-bond acceptors (Lipinski definition) is 8. The van der Waals surface area contributed by atoms with Gasteiger partial charge in [-0.15, -0.1) is 0 Å². The van der Waals surface area contributed by atoms with E-state index in [1.54, 1.807) is 42.9 Å². The molecule has 4 aromatic heterocycles. The number of aromatic nitrogens is 7. The van der Waals surface area contributed by atoms with Crippen molar-refractivity contribution in [2.75, 3.05) is 11.9 Å². The van der Waals surface area contributed by atoms with Gasteiger partial charge >= 0.3 is 6.09 Å². The quantitative estimate of drug-likeness (QED) is 0.326. The molecule has 4 aromatic rings. The zero-order valence-electron chi connectivity index (χ0n) is 21.1. The highest BCUT2D eigenvalue weighted by atomic mass is 19.1. The Morgan fingerprint density at radius 2 is 2.16 bits per heavy atom. The first-order valence-corrected chi connectivity index (χ1v) is 12.2. The Morgan fingerprint density at radius 3 is 2.95 bits per heavy atom. The van der Waals surface area contributed by atoms with Crippen LogP contribution in [0, 0.1) is 5.92 Å². The number of halogens is 1. The van der Waals surface area contributed by atoms with Crippen molar-refractivity contribution < 1.29 is 18.7 Å². The highest BCUT2D eigenvalue weighted by molar-refractivity contribution is 5.68. The number of aromatic amines is 1. The van der Waals surface area contributed by atoms with Crippen molar-refractivity contribution in [3.63, 3.8) is 0 Å². The number of rotatable bonds is 8. The normalized spacial score (nSPS) is 19.7. The van der Waals surface area contributed by atoms with Gasteiger partial charge in [-0.25, -0.2) is 19.2 Å². The summed E-state index contributed by atoms with van der Waals surface area (Å²) in [6, 6.07) is 3.41. The second-order valence-corrected chi connectivity index (χ2v) is 9.74. The van der Waals surface area contributed by atoms with Gasteiger partial charge in [-0.05, 0) is 19.8 Å². The first-order valence-electron chi connectivity index (χ1n) is 12.2. The molecular weight excluding hydrogens is 481 g/mol. The molecule has 0 radical (unpaired) electrons. The van der Waals surface area contributed by atoms with Crippen LogP contribution in [0.3, 0.4) is 0 Å². The van der Waals surface area contributed by atoms with E-state index in [1.807, 2.05) is 16.9 Å². The molecule has 1 fully saturated rings. The van der Waals surface area contributed by atoms with E-state index >= 15 is 4.39 Å². The molecule has 0 aliphatic carbocycles. The Morgan fingerprint density at radius 1 is 1.32 bits per heavy atom. The van der Waals surface area contributed by atoms with Gasteiger partial charge in [-0.2, -0.15) is 10.2 Å². The number of ether oxygens (including phenoxy) is 2. The fraction of sp³-hybridized carbons (Fsp3) is 0.458. The SMILES string of the molecule is CC(C)Cn1cc(-c2cc3nccn3c(Nc3cc([C@H]4OC[C@@H](OC(=O)NC(C)C)[C@@H]4F)[nH]n3)n2)cn1. The van der Waals surface area contributed by atoms with Gasteiger partial charge in [0.1, 0.15) is 11.8 Å². The predicted molar refractivity (Wildman–Crippen MR) is 133 cm³/mol. The molecule has 196 valence electrons. The summed E-state index contributed by atoms with van der Waals surface area (Å²) in [5.41, 5.74) is 2.68. The highest BCUT2D eigenvalue weighted by Gasteiger charge is 2.42. The highest BCUT2D eigenvalue weighted by Crippen LogP contribution is 2.33. The minimum Gasteiger partial charge on any atom is -0.441 e. The third kappa shape index (κ3) is 5.40. The minimum atomic E-state index is -1.55. The summed E-state index contributed by atoms with van der Waals surface area (Å²) in [5.74, 6) is 1.37. The maximum absolute atomic E-state index is 15.0. The van der Waals surface area contributed by atoms with Crippen LogP contribution in [0.2, 0.25) is 0 Å². The number of amides is 1. The number of anilines is 2. The third-order valence-electron chi connectivity index (χ3n) is 5.76. The second kappa shape index (κ2) is 10.2. The number of alkyl halides is 1. The van der Waals surface area contributed by atoms with Gasteiger partial charge in [0.15, 0.2) is 18.1 Å². The van der Waals surface area contributed by atoms with Crippen molar-refractivity contribution in [1.82, 2.24) is 39.7 Å². The van der Waals surface area contributed by atoms with E-state index in [0.29, 0.717) is 34.7 Å². The fourth-order valence-corrected chi connectivity index (χ4v) is 4.14. The van der Waals surface area contributed by atoms with Gasteiger partial charge < -0.3 is 20.1 Å². The molecule has 0 unspecified atom stereocenters. The number of carbonyl (C=O) groups excluding carboxylic acids is 1. The molecule has 3 N–H and O–H groups in total. The molecule has 37 heavy (non-hydrogen) atoms.